The highest BCUT2D eigenvalue weighted by Gasteiger charge is 2.20. The van der Waals surface area contributed by atoms with Crippen molar-refractivity contribution in [1.82, 2.24) is 5.32 Å². The Bertz CT molecular complexity index is 891. The lowest BCUT2D eigenvalue weighted by atomic mass is 9.95. The molecular weight excluding hydrogens is 370 g/mol. The van der Waals surface area contributed by atoms with E-state index in [4.69, 9.17) is 18.9 Å². The zero-order valence-electron chi connectivity index (χ0n) is 17.2. The maximum absolute atomic E-state index is 12.6. The summed E-state index contributed by atoms with van der Waals surface area (Å²) in [5.74, 6) is 2.82. The van der Waals surface area contributed by atoms with Gasteiger partial charge >= 0.3 is 0 Å². The van der Waals surface area contributed by atoms with Crippen LogP contribution in [0.5, 0.6) is 23.0 Å². The molecule has 0 aliphatic carbocycles. The van der Waals surface area contributed by atoms with Crippen LogP contribution in [0.25, 0.3) is 6.08 Å². The molecule has 0 saturated heterocycles. The lowest BCUT2D eigenvalue weighted by Crippen LogP contribution is -2.30. The number of carbonyl (C=O) groups excluding carboxylic acids is 1. The Hall–Kier alpha value is -3.15. The molecule has 1 unspecified atom stereocenters. The van der Waals surface area contributed by atoms with Crippen molar-refractivity contribution in [2.75, 3.05) is 27.4 Å². The number of hydrogen-bond donors (Lipinski definition) is 1. The van der Waals surface area contributed by atoms with Gasteiger partial charge in [0.2, 0.25) is 5.91 Å². The standard InChI is InChI=1S/C23H27NO5/c1-15(2)23(17-5-8-20-21(14-17)29-12-11-28-20)24-22(25)10-6-16-13-18(26-3)7-9-19(16)27-4/h5-10,13-15,23H,11-12H2,1-4H3,(H,24,25)/b10-6+. The molecule has 0 spiro atoms. The molecule has 1 aliphatic rings. The number of hydrogen-bond acceptors (Lipinski definition) is 5. The van der Waals surface area contributed by atoms with E-state index in [9.17, 15) is 4.79 Å². The van der Waals surface area contributed by atoms with Gasteiger partial charge in [-0.05, 0) is 47.9 Å². The van der Waals surface area contributed by atoms with Gasteiger partial charge in [-0.3, -0.25) is 4.79 Å². The average molecular weight is 397 g/mol. The third kappa shape index (κ3) is 5.02. The summed E-state index contributed by atoms with van der Waals surface area (Å²) in [6.07, 6.45) is 3.22. The van der Waals surface area contributed by atoms with E-state index in [-0.39, 0.29) is 17.9 Å². The fourth-order valence-electron chi connectivity index (χ4n) is 3.22. The SMILES string of the molecule is COc1ccc(OC)c(/C=C/C(=O)NC(c2ccc3c(c2)OCCO3)C(C)C)c1. The van der Waals surface area contributed by atoms with Crippen molar-refractivity contribution in [2.45, 2.75) is 19.9 Å². The van der Waals surface area contributed by atoms with Gasteiger partial charge in [0, 0.05) is 11.6 Å². The summed E-state index contributed by atoms with van der Waals surface area (Å²) in [4.78, 5) is 12.6. The fraction of sp³-hybridized carbons (Fsp3) is 0.348. The molecule has 3 rings (SSSR count). The first-order valence-corrected chi connectivity index (χ1v) is 9.62. The van der Waals surface area contributed by atoms with E-state index in [0.29, 0.717) is 30.5 Å². The van der Waals surface area contributed by atoms with Crippen LogP contribution in [0.2, 0.25) is 0 Å². The fourth-order valence-corrected chi connectivity index (χ4v) is 3.22. The highest BCUT2D eigenvalue weighted by Crippen LogP contribution is 2.34. The van der Waals surface area contributed by atoms with E-state index in [2.05, 4.69) is 19.2 Å². The van der Waals surface area contributed by atoms with Gasteiger partial charge < -0.3 is 24.3 Å². The van der Waals surface area contributed by atoms with Gasteiger partial charge in [-0.25, -0.2) is 0 Å². The molecule has 2 aromatic rings. The quantitative estimate of drug-likeness (QED) is 0.716. The van der Waals surface area contributed by atoms with Crippen LogP contribution in [-0.2, 0) is 4.79 Å². The molecule has 1 atom stereocenters. The highest BCUT2D eigenvalue weighted by molar-refractivity contribution is 5.92. The topological polar surface area (TPSA) is 66.0 Å². The number of nitrogens with one attached hydrogen (secondary N) is 1. The van der Waals surface area contributed by atoms with Crippen LogP contribution in [0.4, 0.5) is 0 Å². The van der Waals surface area contributed by atoms with E-state index in [1.807, 2.05) is 36.4 Å². The molecule has 6 heteroatoms. The van der Waals surface area contributed by atoms with Gasteiger partial charge in [-0.2, -0.15) is 0 Å². The molecule has 0 fully saturated rings. The lowest BCUT2D eigenvalue weighted by molar-refractivity contribution is -0.117. The Labute approximate surface area is 171 Å². The van der Waals surface area contributed by atoms with Crippen LogP contribution in [0, 0.1) is 5.92 Å². The number of benzene rings is 2. The van der Waals surface area contributed by atoms with E-state index in [0.717, 1.165) is 16.9 Å². The zero-order valence-corrected chi connectivity index (χ0v) is 17.2. The van der Waals surface area contributed by atoms with Gasteiger partial charge in [-0.15, -0.1) is 0 Å². The Kier molecular flexibility index (Phi) is 6.65. The molecule has 0 saturated carbocycles. The van der Waals surface area contributed by atoms with E-state index < -0.39 is 0 Å². The van der Waals surface area contributed by atoms with Crippen molar-refractivity contribution >= 4 is 12.0 Å². The maximum Gasteiger partial charge on any atom is 0.244 e. The van der Waals surface area contributed by atoms with Crippen molar-refractivity contribution in [1.29, 1.82) is 0 Å². The van der Waals surface area contributed by atoms with Gasteiger partial charge in [0.15, 0.2) is 11.5 Å². The van der Waals surface area contributed by atoms with Crippen LogP contribution < -0.4 is 24.3 Å². The van der Waals surface area contributed by atoms with E-state index >= 15 is 0 Å². The molecule has 1 heterocycles. The highest BCUT2D eigenvalue weighted by atomic mass is 16.6. The van der Waals surface area contributed by atoms with Crippen LogP contribution in [-0.4, -0.2) is 33.3 Å². The second kappa shape index (κ2) is 9.37. The number of methoxy groups -OCH3 is 2. The summed E-state index contributed by atoms with van der Waals surface area (Å²) in [5.41, 5.74) is 1.74. The van der Waals surface area contributed by atoms with Gasteiger partial charge in [0.1, 0.15) is 24.7 Å². The number of amides is 1. The van der Waals surface area contributed by atoms with E-state index in [1.165, 1.54) is 6.08 Å². The van der Waals surface area contributed by atoms with Crippen LogP contribution in [0.15, 0.2) is 42.5 Å². The lowest BCUT2D eigenvalue weighted by Gasteiger charge is -2.25. The Balaban J connectivity index is 1.76. The second-order valence-electron chi connectivity index (χ2n) is 7.07. The summed E-state index contributed by atoms with van der Waals surface area (Å²) in [6, 6.07) is 11.1. The predicted molar refractivity (Wildman–Crippen MR) is 112 cm³/mol. The Morgan fingerprint density at radius 2 is 1.79 bits per heavy atom. The molecule has 0 bridgehead atoms. The summed E-state index contributed by atoms with van der Waals surface area (Å²) >= 11 is 0. The van der Waals surface area contributed by atoms with Crippen molar-refractivity contribution in [3.05, 3.63) is 53.6 Å². The summed E-state index contributed by atoms with van der Waals surface area (Å²) in [5, 5.41) is 3.08. The smallest absolute Gasteiger partial charge is 0.244 e. The Morgan fingerprint density at radius 3 is 2.48 bits per heavy atom. The molecule has 0 radical (unpaired) electrons. The van der Waals surface area contributed by atoms with Gasteiger partial charge in [0.25, 0.3) is 0 Å². The minimum absolute atomic E-state index is 0.157. The average Bonchev–Trinajstić information content (AvgIpc) is 2.75. The molecule has 6 nitrogen and oxygen atoms in total. The number of fused-ring (bicyclic) bond motifs is 1. The van der Waals surface area contributed by atoms with Gasteiger partial charge in [0.05, 0.1) is 20.3 Å². The largest absolute Gasteiger partial charge is 0.497 e. The molecular formula is C23H27NO5. The first-order chi connectivity index (χ1) is 14.0. The van der Waals surface area contributed by atoms with Crippen molar-refractivity contribution < 1.29 is 23.7 Å². The summed E-state index contributed by atoms with van der Waals surface area (Å²) in [6.45, 7) is 5.21. The minimum atomic E-state index is -0.191. The first kappa shape index (κ1) is 20.6. The monoisotopic (exact) mass is 397 g/mol. The third-order valence-corrected chi connectivity index (χ3v) is 4.74. The molecule has 2 aromatic carbocycles. The van der Waals surface area contributed by atoms with Crippen LogP contribution in [0.3, 0.4) is 0 Å². The molecule has 29 heavy (non-hydrogen) atoms. The molecule has 1 aliphatic heterocycles. The maximum atomic E-state index is 12.6. The summed E-state index contributed by atoms with van der Waals surface area (Å²) in [7, 11) is 3.19. The first-order valence-electron chi connectivity index (χ1n) is 9.62. The normalized spacial score (nSPS) is 14.0. The zero-order chi connectivity index (χ0) is 20.8. The molecule has 1 amide bonds. The minimum Gasteiger partial charge on any atom is -0.497 e. The van der Waals surface area contributed by atoms with E-state index in [1.54, 1.807) is 20.3 Å². The van der Waals surface area contributed by atoms with Crippen molar-refractivity contribution in [3.63, 3.8) is 0 Å². The number of carbonyl (C=O) groups is 1. The Morgan fingerprint density at radius 1 is 1.03 bits per heavy atom. The third-order valence-electron chi connectivity index (χ3n) is 4.74. The summed E-state index contributed by atoms with van der Waals surface area (Å²) < 4.78 is 21.9. The number of ether oxygens (including phenoxy) is 4. The second-order valence-corrected chi connectivity index (χ2v) is 7.07. The molecule has 1 N–H and O–H groups in total. The van der Waals surface area contributed by atoms with Crippen molar-refractivity contribution in [2.24, 2.45) is 5.92 Å². The van der Waals surface area contributed by atoms with Crippen molar-refractivity contribution in [3.8, 4) is 23.0 Å². The van der Waals surface area contributed by atoms with Crippen LogP contribution >= 0.6 is 0 Å². The molecule has 0 aromatic heterocycles. The van der Waals surface area contributed by atoms with Gasteiger partial charge in [-0.1, -0.05) is 19.9 Å². The predicted octanol–water partition coefficient (Wildman–Crippen LogP) is 4.00. The molecule has 154 valence electrons. The number of rotatable bonds is 7. The van der Waals surface area contributed by atoms with Crippen LogP contribution in [0.1, 0.15) is 31.0 Å².